The molecule has 0 aliphatic rings. The van der Waals surface area contributed by atoms with Gasteiger partial charge < -0.3 is 10.2 Å². The third-order valence-corrected chi connectivity index (χ3v) is 2.89. The van der Waals surface area contributed by atoms with E-state index in [0.717, 1.165) is 22.3 Å². The number of hydrogen-bond acceptors (Lipinski definition) is 2. The molecule has 2 N–H and O–H groups in total. The maximum absolute atomic E-state index is 9.83. The van der Waals surface area contributed by atoms with Crippen LogP contribution < -0.4 is 0 Å². The number of hydrogen-bond donors (Lipinski definition) is 2. The molecule has 0 saturated heterocycles. The number of aryl methyl sites for hydroxylation is 2. The minimum atomic E-state index is 0.271. The van der Waals surface area contributed by atoms with Crippen molar-refractivity contribution in [1.82, 2.24) is 0 Å². The van der Waals surface area contributed by atoms with E-state index in [1.54, 1.807) is 18.2 Å². The quantitative estimate of drug-likeness (QED) is 0.828. The van der Waals surface area contributed by atoms with Crippen molar-refractivity contribution in [1.29, 1.82) is 0 Å². The van der Waals surface area contributed by atoms with Gasteiger partial charge in [0.25, 0.3) is 0 Å². The number of aromatic hydroxyl groups is 2. The molecule has 2 aromatic rings. The molecule has 0 atom stereocenters. The predicted octanol–water partition coefficient (Wildman–Crippen LogP) is 3.31. The minimum Gasteiger partial charge on any atom is -0.508 e. The van der Waals surface area contributed by atoms with Crippen LogP contribution in [0.3, 0.4) is 0 Å². The summed E-state index contributed by atoms with van der Waals surface area (Å²) in [7, 11) is 0. The van der Waals surface area contributed by atoms with Gasteiger partial charge in [0.05, 0.1) is 0 Å². The average molecular weight is 228 g/mol. The van der Waals surface area contributed by atoms with Crippen LogP contribution in [0.1, 0.15) is 22.3 Å². The first kappa shape index (κ1) is 11.5. The lowest BCUT2D eigenvalue weighted by Gasteiger charge is -2.09. The van der Waals surface area contributed by atoms with E-state index in [1.165, 1.54) is 0 Å². The van der Waals surface area contributed by atoms with Gasteiger partial charge in [0.15, 0.2) is 0 Å². The molecule has 0 saturated carbocycles. The number of phenols is 2. The van der Waals surface area contributed by atoms with Crippen LogP contribution in [0.25, 0.3) is 0 Å². The molecule has 0 amide bonds. The van der Waals surface area contributed by atoms with Crippen molar-refractivity contribution in [2.45, 2.75) is 20.3 Å². The zero-order valence-corrected chi connectivity index (χ0v) is 10.1. The van der Waals surface area contributed by atoms with E-state index >= 15 is 0 Å². The molecule has 2 aromatic carbocycles. The van der Waals surface area contributed by atoms with Crippen LogP contribution >= 0.6 is 0 Å². The summed E-state index contributed by atoms with van der Waals surface area (Å²) in [6, 6.07) is 11.0. The summed E-state index contributed by atoms with van der Waals surface area (Å²) in [5, 5.41) is 19.4. The molecule has 0 aliphatic carbocycles. The van der Waals surface area contributed by atoms with Crippen molar-refractivity contribution in [2.24, 2.45) is 0 Å². The fraction of sp³-hybridized carbons (Fsp3) is 0.200. The summed E-state index contributed by atoms with van der Waals surface area (Å²) < 4.78 is 0. The normalized spacial score (nSPS) is 10.5. The highest BCUT2D eigenvalue weighted by Crippen LogP contribution is 2.25. The zero-order valence-electron chi connectivity index (χ0n) is 10.1. The number of phenolic OH excluding ortho intramolecular Hbond substituents is 2. The van der Waals surface area contributed by atoms with Gasteiger partial charge in [-0.3, -0.25) is 0 Å². The summed E-state index contributed by atoms with van der Waals surface area (Å²) in [5.74, 6) is 0.582. The molecule has 0 unspecified atom stereocenters. The summed E-state index contributed by atoms with van der Waals surface area (Å²) in [6.45, 7) is 3.92. The van der Waals surface area contributed by atoms with E-state index in [4.69, 9.17) is 0 Å². The van der Waals surface area contributed by atoms with Gasteiger partial charge in [-0.15, -0.1) is 0 Å². The Kier molecular flexibility index (Phi) is 3.05. The van der Waals surface area contributed by atoms with Crippen LogP contribution in [0, 0.1) is 13.8 Å². The van der Waals surface area contributed by atoms with Crippen LogP contribution in [-0.4, -0.2) is 10.2 Å². The Bertz CT molecular complexity index is 504. The minimum absolute atomic E-state index is 0.271. The van der Waals surface area contributed by atoms with Crippen LogP contribution in [0.15, 0.2) is 36.4 Å². The molecule has 2 rings (SSSR count). The van der Waals surface area contributed by atoms with Gasteiger partial charge in [-0.05, 0) is 48.7 Å². The Morgan fingerprint density at radius 2 is 1.76 bits per heavy atom. The molecule has 2 nitrogen and oxygen atoms in total. The SMILES string of the molecule is Cc1cc(O)cc(Cc2c(C)cccc2O)c1. The Morgan fingerprint density at radius 3 is 2.41 bits per heavy atom. The fourth-order valence-corrected chi connectivity index (χ4v) is 2.06. The monoisotopic (exact) mass is 228 g/mol. The molecular formula is C15H16O2. The maximum Gasteiger partial charge on any atom is 0.119 e. The largest absolute Gasteiger partial charge is 0.508 e. The topological polar surface area (TPSA) is 40.5 Å². The molecule has 0 fully saturated rings. The molecule has 2 heteroatoms. The number of rotatable bonds is 2. The summed E-state index contributed by atoms with van der Waals surface area (Å²) in [5.41, 5.74) is 4.00. The first-order valence-corrected chi connectivity index (χ1v) is 5.63. The van der Waals surface area contributed by atoms with Gasteiger partial charge in [0.1, 0.15) is 11.5 Å². The molecule has 0 bridgehead atoms. The molecule has 0 spiro atoms. The lowest BCUT2D eigenvalue weighted by Crippen LogP contribution is -1.93. The van der Waals surface area contributed by atoms with Gasteiger partial charge in [0.2, 0.25) is 0 Å². The Hall–Kier alpha value is -1.96. The maximum atomic E-state index is 9.83. The van der Waals surface area contributed by atoms with E-state index < -0.39 is 0 Å². The molecule has 0 aliphatic heterocycles. The van der Waals surface area contributed by atoms with E-state index in [2.05, 4.69) is 0 Å². The summed E-state index contributed by atoms with van der Waals surface area (Å²) in [6.07, 6.45) is 0.633. The van der Waals surface area contributed by atoms with E-state index in [-0.39, 0.29) is 5.75 Å². The molecule has 0 heterocycles. The van der Waals surface area contributed by atoms with Gasteiger partial charge in [0, 0.05) is 12.0 Å². The van der Waals surface area contributed by atoms with Crippen LogP contribution in [0.4, 0.5) is 0 Å². The molecule has 88 valence electrons. The highest BCUT2D eigenvalue weighted by Gasteiger charge is 2.06. The third-order valence-electron chi connectivity index (χ3n) is 2.89. The lowest BCUT2D eigenvalue weighted by molar-refractivity contribution is 0.467. The Balaban J connectivity index is 2.38. The van der Waals surface area contributed by atoms with Gasteiger partial charge >= 0.3 is 0 Å². The van der Waals surface area contributed by atoms with E-state index in [0.29, 0.717) is 12.2 Å². The van der Waals surface area contributed by atoms with Crippen molar-refractivity contribution in [2.75, 3.05) is 0 Å². The molecule has 0 radical (unpaired) electrons. The second-order valence-corrected chi connectivity index (χ2v) is 4.43. The van der Waals surface area contributed by atoms with Crippen molar-refractivity contribution in [3.63, 3.8) is 0 Å². The molecule has 17 heavy (non-hydrogen) atoms. The molecule has 0 aromatic heterocycles. The smallest absolute Gasteiger partial charge is 0.119 e. The van der Waals surface area contributed by atoms with Gasteiger partial charge in [-0.2, -0.15) is 0 Å². The fourth-order valence-electron chi connectivity index (χ4n) is 2.06. The van der Waals surface area contributed by atoms with Crippen molar-refractivity contribution < 1.29 is 10.2 Å². The Labute approximate surface area is 101 Å². The first-order chi connectivity index (χ1) is 8.06. The standard InChI is InChI=1S/C15H16O2/c1-10-6-12(8-13(16)7-10)9-14-11(2)4-3-5-15(14)17/h3-8,16-17H,9H2,1-2H3. The average Bonchev–Trinajstić information content (AvgIpc) is 2.22. The first-order valence-electron chi connectivity index (χ1n) is 5.63. The van der Waals surface area contributed by atoms with Crippen molar-refractivity contribution in [3.8, 4) is 11.5 Å². The Morgan fingerprint density at radius 1 is 1.00 bits per heavy atom. The van der Waals surface area contributed by atoms with Crippen LogP contribution in [0.5, 0.6) is 11.5 Å². The van der Waals surface area contributed by atoms with Crippen LogP contribution in [-0.2, 0) is 6.42 Å². The summed E-state index contributed by atoms with van der Waals surface area (Å²) >= 11 is 0. The summed E-state index contributed by atoms with van der Waals surface area (Å²) in [4.78, 5) is 0. The third kappa shape index (κ3) is 2.59. The van der Waals surface area contributed by atoms with E-state index in [1.807, 2.05) is 32.0 Å². The molecular weight excluding hydrogens is 212 g/mol. The second kappa shape index (κ2) is 4.50. The van der Waals surface area contributed by atoms with Gasteiger partial charge in [-0.1, -0.05) is 18.2 Å². The highest BCUT2D eigenvalue weighted by molar-refractivity contribution is 5.43. The number of benzene rings is 2. The lowest BCUT2D eigenvalue weighted by atomic mass is 9.98. The van der Waals surface area contributed by atoms with Crippen molar-refractivity contribution >= 4 is 0 Å². The second-order valence-electron chi connectivity index (χ2n) is 4.43. The van der Waals surface area contributed by atoms with E-state index in [9.17, 15) is 10.2 Å². The van der Waals surface area contributed by atoms with Crippen LogP contribution in [0.2, 0.25) is 0 Å². The highest BCUT2D eigenvalue weighted by atomic mass is 16.3. The van der Waals surface area contributed by atoms with Crippen molar-refractivity contribution in [3.05, 3.63) is 58.7 Å². The van der Waals surface area contributed by atoms with Gasteiger partial charge in [-0.25, -0.2) is 0 Å². The predicted molar refractivity (Wildman–Crippen MR) is 68.5 cm³/mol. The zero-order chi connectivity index (χ0) is 12.4.